The van der Waals surface area contributed by atoms with Crippen LogP contribution in [0.15, 0.2) is 12.3 Å². The number of aromatic nitrogens is 3. The highest BCUT2D eigenvalue weighted by molar-refractivity contribution is 5.42. The highest BCUT2D eigenvalue weighted by Gasteiger charge is 2.24. The molecule has 1 N–H and O–H groups in total. The lowest BCUT2D eigenvalue weighted by Gasteiger charge is -2.32. The van der Waals surface area contributed by atoms with E-state index in [1.165, 1.54) is 36.9 Å². The third-order valence-corrected chi connectivity index (χ3v) is 4.93. The first-order valence-electron chi connectivity index (χ1n) is 8.14. The van der Waals surface area contributed by atoms with Crippen molar-refractivity contribution in [1.82, 2.24) is 19.9 Å². The van der Waals surface area contributed by atoms with Crippen molar-refractivity contribution in [3.63, 3.8) is 0 Å². The molecule has 0 spiro atoms. The summed E-state index contributed by atoms with van der Waals surface area (Å²) < 4.78 is 1.97. The van der Waals surface area contributed by atoms with Crippen molar-refractivity contribution in [2.75, 3.05) is 0 Å². The largest absolute Gasteiger partial charge is 0.307 e. The summed E-state index contributed by atoms with van der Waals surface area (Å²) in [7, 11) is 0. The summed E-state index contributed by atoms with van der Waals surface area (Å²) in [5, 5.41) is 8.36. The minimum atomic E-state index is 0.317. The average molecular weight is 286 g/mol. The average Bonchev–Trinajstić information content (AvgIpc) is 2.83. The van der Waals surface area contributed by atoms with E-state index in [0.29, 0.717) is 12.1 Å². The van der Waals surface area contributed by atoms with Crippen LogP contribution in [0.3, 0.4) is 0 Å². The molecule has 1 saturated carbocycles. The van der Waals surface area contributed by atoms with E-state index < -0.39 is 0 Å². The van der Waals surface area contributed by atoms with Crippen molar-refractivity contribution in [2.45, 2.75) is 65.5 Å². The number of hydrogen-bond acceptors (Lipinski definition) is 3. The van der Waals surface area contributed by atoms with Gasteiger partial charge in [-0.2, -0.15) is 5.10 Å². The fraction of sp³-hybridized carbons (Fsp3) is 0.647. The fourth-order valence-electron chi connectivity index (χ4n) is 3.58. The first-order chi connectivity index (χ1) is 10.1. The number of nitrogens with zero attached hydrogens (tertiary/aromatic N) is 3. The van der Waals surface area contributed by atoms with E-state index in [1.54, 1.807) is 0 Å². The van der Waals surface area contributed by atoms with Crippen LogP contribution in [0.5, 0.6) is 0 Å². The van der Waals surface area contributed by atoms with Gasteiger partial charge in [-0.1, -0.05) is 19.8 Å². The van der Waals surface area contributed by atoms with E-state index in [9.17, 15) is 0 Å². The van der Waals surface area contributed by atoms with Gasteiger partial charge in [-0.25, -0.2) is 9.50 Å². The Hall–Kier alpha value is -1.42. The van der Waals surface area contributed by atoms with Gasteiger partial charge in [0.15, 0.2) is 5.65 Å². The number of rotatable bonds is 3. The van der Waals surface area contributed by atoms with Gasteiger partial charge in [-0.05, 0) is 39.5 Å². The number of aryl methyl sites for hydroxylation is 2. The molecular weight excluding hydrogens is 260 g/mol. The lowest BCUT2D eigenvalue weighted by atomic mass is 9.85. The summed E-state index contributed by atoms with van der Waals surface area (Å²) in [6.45, 7) is 8.76. The molecule has 1 fully saturated rings. The second-order valence-electron chi connectivity index (χ2n) is 6.61. The van der Waals surface area contributed by atoms with Gasteiger partial charge >= 0.3 is 0 Å². The molecule has 1 aliphatic rings. The van der Waals surface area contributed by atoms with Crippen LogP contribution < -0.4 is 5.32 Å². The van der Waals surface area contributed by atoms with Crippen LogP contribution in [0.4, 0.5) is 0 Å². The molecule has 21 heavy (non-hydrogen) atoms. The number of hydrogen-bond donors (Lipinski definition) is 1. The minimum absolute atomic E-state index is 0.317. The Morgan fingerprint density at radius 3 is 2.81 bits per heavy atom. The fourth-order valence-corrected chi connectivity index (χ4v) is 3.58. The van der Waals surface area contributed by atoms with Crippen LogP contribution in [0.25, 0.3) is 5.65 Å². The smallest absolute Gasteiger partial charge is 0.155 e. The Labute approximate surface area is 127 Å². The molecule has 0 aliphatic heterocycles. The van der Waals surface area contributed by atoms with Crippen molar-refractivity contribution >= 4 is 5.65 Å². The standard InChI is InChI=1S/C17H26N4/c1-11-7-5-6-8-16(11)19-13(3)15-10-18-17-9-12(2)20-21(17)14(15)4/h9-11,13,16,19H,5-8H2,1-4H3. The normalized spacial score (nSPS) is 24.4. The molecule has 4 nitrogen and oxygen atoms in total. The number of nitrogens with one attached hydrogen (secondary N) is 1. The van der Waals surface area contributed by atoms with Crippen LogP contribution in [0, 0.1) is 19.8 Å². The molecule has 4 heteroatoms. The maximum atomic E-state index is 4.56. The van der Waals surface area contributed by atoms with Crippen molar-refractivity contribution in [3.8, 4) is 0 Å². The molecule has 2 aromatic heterocycles. The molecule has 0 radical (unpaired) electrons. The first kappa shape index (κ1) is 14.5. The Morgan fingerprint density at radius 1 is 1.29 bits per heavy atom. The second kappa shape index (κ2) is 5.76. The Balaban J connectivity index is 1.83. The highest BCUT2D eigenvalue weighted by Crippen LogP contribution is 2.27. The summed E-state index contributed by atoms with van der Waals surface area (Å²) in [5.41, 5.74) is 4.40. The van der Waals surface area contributed by atoms with Gasteiger partial charge < -0.3 is 5.32 Å². The molecule has 114 valence electrons. The van der Waals surface area contributed by atoms with Gasteiger partial charge in [-0.3, -0.25) is 0 Å². The van der Waals surface area contributed by atoms with Crippen LogP contribution in [-0.4, -0.2) is 20.6 Å². The van der Waals surface area contributed by atoms with Crippen LogP contribution in [0.2, 0.25) is 0 Å². The zero-order valence-corrected chi connectivity index (χ0v) is 13.6. The summed E-state index contributed by atoms with van der Waals surface area (Å²) in [6, 6.07) is 2.97. The Morgan fingerprint density at radius 2 is 2.05 bits per heavy atom. The van der Waals surface area contributed by atoms with E-state index >= 15 is 0 Å². The molecule has 1 aliphatic carbocycles. The lowest BCUT2D eigenvalue weighted by molar-refractivity contribution is 0.263. The van der Waals surface area contributed by atoms with Gasteiger partial charge in [-0.15, -0.1) is 0 Å². The van der Waals surface area contributed by atoms with Gasteiger partial charge in [0.25, 0.3) is 0 Å². The monoisotopic (exact) mass is 286 g/mol. The van der Waals surface area contributed by atoms with Gasteiger partial charge in [0.1, 0.15) is 0 Å². The van der Waals surface area contributed by atoms with Crippen molar-refractivity contribution in [1.29, 1.82) is 0 Å². The summed E-state index contributed by atoms with van der Waals surface area (Å²) in [4.78, 5) is 4.56. The van der Waals surface area contributed by atoms with Gasteiger partial charge in [0.05, 0.1) is 5.69 Å². The van der Waals surface area contributed by atoms with Crippen LogP contribution >= 0.6 is 0 Å². The van der Waals surface area contributed by atoms with Gasteiger partial charge in [0, 0.05) is 35.6 Å². The molecule has 0 amide bonds. The number of fused-ring (bicyclic) bond motifs is 1. The minimum Gasteiger partial charge on any atom is -0.307 e. The molecule has 3 atom stereocenters. The molecule has 3 rings (SSSR count). The summed E-state index contributed by atoms with van der Waals surface area (Å²) >= 11 is 0. The quantitative estimate of drug-likeness (QED) is 0.938. The topological polar surface area (TPSA) is 42.2 Å². The Kier molecular flexibility index (Phi) is 3.98. The van der Waals surface area contributed by atoms with Crippen molar-refractivity contribution in [3.05, 3.63) is 29.2 Å². The summed E-state index contributed by atoms with van der Waals surface area (Å²) in [5.74, 6) is 0.769. The highest BCUT2D eigenvalue weighted by atomic mass is 15.3. The van der Waals surface area contributed by atoms with E-state index in [4.69, 9.17) is 0 Å². The van der Waals surface area contributed by atoms with E-state index in [0.717, 1.165) is 17.3 Å². The van der Waals surface area contributed by atoms with E-state index in [2.05, 4.69) is 36.2 Å². The predicted molar refractivity (Wildman–Crippen MR) is 85.4 cm³/mol. The van der Waals surface area contributed by atoms with Gasteiger partial charge in [0.2, 0.25) is 0 Å². The van der Waals surface area contributed by atoms with E-state index in [-0.39, 0.29) is 0 Å². The first-order valence-corrected chi connectivity index (χ1v) is 8.14. The molecule has 0 bridgehead atoms. The maximum Gasteiger partial charge on any atom is 0.155 e. The van der Waals surface area contributed by atoms with Crippen LogP contribution in [0.1, 0.15) is 62.5 Å². The zero-order chi connectivity index (χ0) is 15.0. The SMILES string of the molecule is Cc1cc2ncc(C(C)NC3CCCCC3C)c(C)n2n1. The second-order valence-corrected chi connectivity index (χ2v) is 6.61. The molecule has 2 aromatic rings. The van der Waals surface area contributed by atoms with Crippen LogP contribution in [-0.2, 0) is 0 Å². The molecule has 3 unspecified atom stereocenters. The third kappa shape index (κ3) is 2.82. The van der Waals surface area contributed by atoms with Crippen molar-refractivity contribution in [2.24, 2.45) is 5.92 Å². The summed E-state index contributed by atoms with van der Waals surface area (Å²) in [6.07, 6.45) is 7.38. The predicted octanol–water partition coefficient (Wildman–Crippen LogP) is 3.58. The molecular formula is C17H26N4. The molecule has 2 heterocycles. The van der Waals surface area contributed by atoms with Crippen molar-refractivity contribution < 1.29 is 0 Å². The Bertz CT molecular complexity index is 631. The maximum absolute atomic E-state index is 4.56. The molecule has 0 saturated heterocycles. The lowest BCUT2D eigenvalue weighted by Crippen LogP contribution is -2.39. The molecule has 0 aromatic carbocycles. The third-order valence-electron chi connectivity index (χ3n) is 4.93. The van der Waals surface area contributed by atoms with E-state index in [1.807, 2.05) is 23.7 Å². The zero-order valence-electron chi connectivity index (χ0n) is 13.6.